The summed E-state index contributed by atoms with van der Waals surface area (Å²) >= 11 is 0. The van der Waals surface area contributed by atoms with E-state index in [1.807, 2.05) is 0 Å². The molecule has 80 heavy (non-hydrogen) atoms. The van der Waals surface area contributed by atoms with Crippen molar-refractivity contribution in [2.45, 2.75) is 329 Å². The third-order valence-electron chi connectivity index (χ3n) is 14.5. The first-order valence-electron chi connectivity index (χ1n) is 33.9. The van der Waals surface area contributed by atoms with Crippen LogP contribution in [0, 0.1) is 0 Å². The Balaban J connectivity index is 4.12. The molecule has 0 aromatic rings. The number of unbranched alkanes of at least 4 members (excludes halogenated alkanes) is 32. The average molecular weight is 1110 g/mol. The first kappa shape index (κ1) is 76.1. The maximum absolute atomic E-state index is 12.9. The summed E-state index contributed by atoms with van der Waals surface area (Å²) < 4.78 is 16.9. The maximum atomic E-state index is 12.9. The molecular formula is C74H126O6. The number of rotatable bonds is 61. The van der Waals surface area contributed by atoms with E-state index in [9.17, 15) is 14.4 Å². The molecule has 0 N–H and O–H groups in total. The maximum Gasteiger partial charge on any atom is 0.306 e. The molecule has 0 rings (SSSR count). The van der Waals surface area contributed by atoms with Crippen molar-refractivity contribution in [3.8, 4) is 0 Å². The number of allylic oxidation sites excluding steroid dienone is 18. The Morgan fingerprint density at radius 3 is 0.775 bits per heavy atom. The fourth-order valence-electron chi connectivity index (χ4n) is 9.45. The van der Waals surface area contributed by atoms with Crippen molar-refractivity contribution in [1.29, 1.82) is 0 Å². The highest BCUT2D eigenvalue weighted by atomic mass is 16.6. The molecule has 0 aromatic carbocycles. The van der Waals surface area contributed by atoms with Gasteiger partial charge >= 0.3 is 17.9 Å². The van der Waals surface area contributed by atoms with Crippen molar-refractivity contribution in [3.63, 3.8) is 0 Å². The lowest BCUT2D eigenvalue weighted by Gasteiger charge is -2.18. The molecular weight excluding hydrogens is 985 g/mol. The van der Waals surface area contributed by atoms with Crippen molar-refractivity contribution < 1.29 is 28.6 Å². The zero-order valence-corrected chi connectivity index (χ0v) is 52.6. The third kappa shape index (κ3) is 64.9. The minimum atomic E-state index is -0.780. The molecule has 0 radical (unpaired) electrons. The van der Waals surface area contributed by atoms with Crippen molar-refractivity contribution in [3.05, 3.63) is 109 Å². The van der Waals surface area contributed by atoms with Crippen molar-refractivity contribution in [1.82, 2.24) is 0 Å². The lowest BCUT2D eigenvalue weighted by Crippen LogP contribution is -2.30. The number of carbonyl (C=O) groups excluding carboxylic acids is 3. The molecule has 0 saturated heterocycles. The van der Waals surface area contributed by atoms with Gasteiger partial charge in [0, 0.05) is 19.3 Å². The predicted molar refractivity (Wildman–Crippen MR) is 348 cm³/mol. The Morgan fingerprint density at radius 1 is 0.263 bits per heavy atom. The highest BCUT2D eigenvalue weighted by Crippen LogP contribution is 2.16. The summed E-state index contributed by atoms with van der Waals surface area (Å²) in [7, 11) is 0. The van der Waals surface area contributed by atoms with Crippen LogP contribution in [0.25, 0.3) is 0 Å². The van der Waals surface area contributed by atoms with E-state index in [-0.39, 0.29) is 31.1 Å². The molecule has 0 saturated carbocycles. The number of carbonyl (C=O) groups is 3. The molecule has 0 amide bonds. The number of ether oxygens (including phenoxy) is 3. The molecule has 1 atom stereocenters. The lowest BCUT2D eigenvalue weighted by molar-refractivity contribution is -0.167. The van der Waals surface area contributed by atoms with Gasteiger partial charge in [0.2, 0.25) is 0 Å². The van der Waals surface area contributed by atoms with Crippen LogP contribution in [-0.2, 0) is 28.6 Å². The van der Waals surface area contributed by atoms with Gasteiger partial charge < -0.3 is 14.2 Å². The van der Waals surface area contributed by atoms with E-state index >= 15 is 0 Å². The van der Waals surface area contributed by atoms with E-state index in [1.54, 1.807) is 0 Å². The fraction of sp³-hybridized carbons (Fsp3) is 0.716. The van der Waals surface area contributed by atoms with E-state index in [1.165, 1.54) is 167 Å². The second kappa shape index (κ2) is 67.6. The van der Waals surface area contributed by atoms with Crippen LogP contribution in [0.5, 0.6) is 0 Å². The molecule has 0 aliphatic rings. The van der Waals surface area contributed by atoms with Gasteiger partial charge in [0.25, 0.3) is 0 Å². The van der Waals surface area contributed by atoms with Crippen LogP contribution in [0.15, 0.2) is 109 Å². The quantitative estimate of drug-likeness (QED) is 0.0261. The molecule has 6 nitrogen and oxygen atoms in total. The standard InChI is InChI=1S/C74H126O6/c1-4-7-10-13-16-19-21-23-25-27-29-30-31-32-33-34-35-36-37-38-39-40-41-42-43-44-45-47-48-50-52-55-58-61-64-67-73(76)79-70-71(69-78-72(75)66-63-60-57-54-18-15-12-9-6-3)80-74(77)68-65-62-59-56-53-51-49-46-28-26-24-22-20-17-14-11-8-5-2/h7,10,16,19-20,22-23,25-26,28-30,32-33,35-36,38-39,71H,4-6,8-9,11-15,17-18,21,24,27,31,34,37,40-70H2,1-3H3/b10-7-,19-16-,22-20-,25-23-,28-26-,30-29-,33-32-,36-35-,39-38-. The largest absolute Gasteiger partial charge is 0.462 e. The van der Waals surface area contributed by atoms with Crippen LogP contribution in [0.2, 0.25) is 0 Å². The van der Waals surface area contributed by atoms with Gasteiger partial charge in [-0.2, -0.15) is 0 Å². The molecule has 0 bridgehead atoms. The Bertz CT molecular complexity index is 1610. The molecule has 0 aliphatic carbocycles. The van der Waals surface area contributed by atoms with Crippen LogP contribution < -0.4 is 0 Å². The summed E-state index contributed by atoms with van der Waals surface area (Å²) in [6, 6.07) is 0. The Morgan fingerprint density at radius 2 is 0.487 bits per heavy atom. The first-order chi connectivity index (χ1) is 39.5. The SMILES string of the molecule is CC/C=C\C/C=C\C/C=C\C/C=C\C/C=C\C/C=C\C/C=C\CCCCCCCCCCCCCCCC(=O)OCC(COC(=O)CCCCCCCCCCC)OC(=O)CCCCCCCCC/C=C\C/C=C\CCCCCC. The number of esters is 3. The summed E-state index contributed by atoms with van der Waals surface area (Å²) in [6.07, 6.45) is 92.6. The predicted octanol–water partition coefficient (Wildman–Crippen LogP) is 23.4. The second-order valence-corrected chi connectivity index (χ2v) is 22.4. The van der Waals surface area contributed by atoms with E-state index in [4.69, 9.17) is 14.2 Å². The van der Waals surface area contributed by atoms with Crippen molar-refractivity contribution in [2.75, 3.05) is 13.2 Å². The lowest BCUT2D eigenvalue weighted by atomic mass is 10.0. The summed E-state index contributed by atoms with van der Waals surface area (Å²) in [5.41, 5.74) is 0. The highest BCUT2D eigenvalue weighted by molar-refractivity contribution is 5.71. The van der Waals surface area contributed by atoms with Crippen molar-refractivity contribution in [2.24, 2.45) is 0 Å². The molecule has 6 heteroatoms. The topological polar surface area (TPSA) is 78.9 Å². The summed E-state index contributed by atoms with van der Waals surface area (Å²) in [6.45, 7) is 6.51. The summed E-state index contributed by atoms with van der Waals surface area (Å²) in [5, 5.41) is 0. The van der Waals surface area contributed by atoms with Gasteiger partial charge in [-0.1, -0.05) is 304 Å². The second-order valence-electron chi connectivity index (χ2n) is 22.4. The summed E-state index contributed by atoms with van der Waals surface area (Å²) in [4.78, 5) is 38.2. The van der Waals surface area contributed by atoms with Gasteiger partial charge in [0.15, 0.2) is 6.10 Å². The number of hydrogen-bond acceptors (Lipinski definition) is 6. The average Bonchev–Trinajstić information content (AvgIpc) is 3.46. The Kier molecular flexibility index (Phi) is 64.3. The normalized spacial score (nSPS) is 12.8. The molecule has 0 heterocycles. The molecule has 458 valence electrons. The third-order valence-corrected chi connectivity index (χ3v) is 14.5. The van der Waals surface area contributed by atoms with E-state index in [0.29, 0.717) is 19.3 Å². The summed E-state index contributed by atoms with van der Waals surface area (Å²) in [5.74, 6) is -0.880. The van der Waals surface area contributed by atoms with Crippen LogP contribution in [-0.4, -0.2) is 37.2 Å². The smallest absolute Gasteiger partial charge is 0.306 e. The van der Waals surface area contributed by atoms with Gasteiger partial charge in [-0.15, -0.1) is 0 Å². The van der Waals surface area contributed by atoms with E-state index in [0.717, 1.165) is 116 Å². The van der Waals surface area contributed by atoms with Gasteiger partial charge in [0.05, 0.1) is 0 Å². The van der Waals surface area contributed by atoms with Crippen LogP contribution in [0.3, 0.4) is 0 Å². The van der Waals surface area contributed by atoms with Crippen LogP contribution >= 0.6 is 0 Å². The molecule has 0 fully saturated rings. The molecule has 1 unspecified atom stereocenters. The zero-order valence-electron chi connectivity index (χ0n) is 52.6. The van der Waals surface area contributed by atoms with Crippen LogP contribution in [0.4, 0.5) is 0 Å². The minimum Gasteiger partial charge on any atom is -0.462 e. The van der Waals surface area contributed by atoms with Crippen molar-refractivity contribution >= 4 is 17.9 Å². The monoisotopic (exact) mass is 1110 g/mol. The Labute approximate surface area is 495 Å². The van der Waals surface area contributed by atoms with Gasteiger partial charge in [-0.05, 0) is 109 Å². The Hall–Kier alpha value is -3.93. The zero-order chi connectivity index (χ0) is 57.8. The fourth-order valence-corrected chi connectivity index (χ4v) is 9.45. The molecule has 0 aromatic heterocycles. The minimum absolute atomic E-state index is 0.0780. The van der Waals surface area contributed by atoms with Crippen LogP contribution in [0.1, 0.15) is 323 Å². The first-order valence-corrected chi connectivity index (χ1v) is 33.9. The molecule has 0 spiro atoms. The van der Waals surface area contributed by atoms with E-state index < -0.39 is 6.10 Å². The van der Waals surface area contributed by atoms with Gasteiger partial charge in [-0.3, -0.25) is 14.4 Å². The van der Waals surface area contributed by atoms with E-state index in [2.05, 4.69) is 130 Å². The molecule has 0 aliphatic heterocycles. The van der Waals surface area contributed by atoms with Gasteiger partial charge in [0.1, 0.15) is 13.2 Å². The number of hydrogen-bond donors (Lipinski definition) is 0. The van der Waals surface area contributed by atoms with Gasteiger partial charge in [-0.25, -0.2) is 0 Å². The highest BCUT2D eigenvalue weighted by Gasteiger charge is 2.19.